The van der Waals surface area contributed by atoms with E-state index in [9.17, 15) is 0 Å². The maximum Gasteiger partial charge on any atom is 0.0553 e. The van der Waals surface area contributed by atoms with Crippen LogP contribution in [0.1, 0.15) is 0 Å². The van der Waals surface area contributed by atoms with Crippen LogP contribution < -0.4 is 0 Å². The van der Waals surface area contributed by atoms with E-state index < -0.39 is 0 Å². The first-order valence-corrected chi connectivity index (χ1v) is 19.0. The Bertz CT molecular complexity index is 3310. The summed E-state index contributed by atoms with van der Waals surface area (Å²) in [6.07, 6.45) is 0. The van der Waals surface area contributed by atoms with E-state index in [0.29, 0.717) is 0 Å². The van der Waals surface area contributed by atoms with Crippen LogP contribution in [-0.4, -0.2) is 9.13 Å². The van der Waals surface area contributed by atoms with Gasteiger partial charge in [-0.1, -0.05) is 133 Å². The highest BCUT2D eigenvalue weighted by Crippen LogP contribution is 2.52. The van der Waals surface area contributed by atoms with Gasteiger partial charge >= 0.3 is 0 Å². The Morgan fingerprint density at radius 2 is 1.00 bits per heavy atom. The topological polar surface area (TPSA) is 9.86 Å². The van der Waals surface area contributed by atoms with Crippen LogP contribution in [0.25, 0.3) is 98.8 Å². The van der Waals surface area contributed by atoms with Gasteiger partial charge in [-0.15, -0.1) is 0 Å². The van der Waals surface area contributed by atoms with Crippen molar-refractivity contribution < 1.29 is 0 Å². The molecule has 3 heteroatoms. The largest absolute Gasteiger partial charge is 0.309 e. The van der Waals surface area contributed by atoms with Crippen molar-refractivity contribution in [3.63, 3.8) is 0 Å². The smallest absolute Gasteiger partial charge is 0.0553 e. The van der Waals surface area contributed by atoms with E-state index in [2.05, 4.69) is 191 Å². The zero-order chi connectivity index (χ0) is 34.6. The van der Waals surface area contributed by atoms with Crippen LogP contribution in [0.5, 0.6) is 0 Å². The monoisotopic (exact) mass is 690 g/mol. The molecule has 0 radical (unpaired) electrons. The van der Waals surface area contributed by atoms with Crippen LogP contribution in [-0.2, 0) is 0 Å². The fourth-order valence-electron chi connectivity index (χ4n) is 9.03. The van der Waals surface area contributed by atoms with Crippen molar-refractivity contribution in [2.75, 3.05) is 0 Å². The highest BCUT2D eigenvalue weighted by Gasteiger charge is 2.25. The summed E-state index contributed by atoms with van der Waals surface area (Å²) in [4.78, 5) is 2.60. The van der Waals surface area contributed by atoms with Crippen molar-refractivity contribution in [1.29, 1.82) is 0 Å². The van der Waals surface area contributed by atoms with Gasteiger partial charge in [0, 0.05) is 48.1 Å². The molecule has 0 aliphatic carbocycles. The Hall–Kier alpha value is -6.55. The van der Waals surface area contributed by atoms with Crippen LogP contribution in [0.4, 0.5) is 0 Å². The van der Waals surface area contributed by atoms with Gasteiger partial charge in [0.25, 0.3) is 0 Å². The summed E-state index contributed by atoms with van der Waals surface area (Å²) >= 11 is 1.90. The molecule has 0 unspecified atom stereocenters. The van der Waals surface area contributed by atoms with Crippen molar-refractivity contribution in [2.24, 2.45) is 0 Å². The van der Waals surface area contributed by atoms with Gasteiger partial charge in [0.2, 0.25) is 0 Å². The lowest BCUT2D eigenvalue weighted by molar-refractivity contribution is 1.18. The second kappa shape index (κ2) is 11.0. The third-order valence-electron chi connectivity index (χ3n) is 11.3. The molecule has 2 nitrogen and oxygen atoms in total. The maximum atomic E-state index is 2.47. The zero-order valence-electron chi connectivity index (χ0n) is 28.6. The van der Waals surface area contributed by atoms with E-state index in [1.807, 2.05) is 11.8 Å². The predicted molar refractivity (Wildman–Crippen MR) is 225 cm³/mol. The molecule has 0 fully saturated rings. The van der Waals surface area contributed by atoms with E-state index >= 15 is 0 Å². The average molecular weight is 691 g/mol. The lowest BCUT2D eigenvalue weighted by Gasteiger charge is -2.22. The molecule has 53 heavy (non-hydrogen) atoms. The summed E-state index contributed by atoms with van der Waals surface area (Å²) in [5.74, 6) is 0. The SMILES string of the molecule is c1ccc(-n2c3ccccc3c3c(-c4ccc5c(c4)Sc4cccc6c4c-5cc4c6c5ccccc5n4-c4ccc5ccccc5c4)cccc32)cc1. The minimum Gasteiger partial charge on any atom is -0.309 e. The minimum atomic E-state index is 1.17. The lowest BCUT2D eigenvalue weighted by atomic mass is 9.92. The Labute approximate surface area is 310 Å². The van der Waals surface area contributed by atoms with Gasteiger partial charge in [0.1, 0.15) is 0 Å². The normalized spacial score (nSPS) is 12.5. The van der Waals surface area contributed by atoms with E-state index in [-0.39, 0.29) is 0 Å². The minimum absolute atomic E-state index is 1.17. The number of rotatable bonds is 3. The molecule has 0 N–H and O–H groups in total. The average Bonchev–Trinajstić information content (AvgIpc) is 3.74. The molecule has 3 heterocycles. The Kier molecular flexibility index (Phi) is 6.02. The Morgan fingerprint density at radius 1 is 0.321 bits per heavy atom. The molecule has 12 rings (SSSR count). The van der Waals surface area contributed by atoms with Gasteiger partial charge in [-0.3, -0.25) is 0 Å². The first-order valence-electron chi connectivity index (χ1n) is 18.2. The molecule has 11 aromatic rings. The summed E-state index contributed by atoms with van der Waals surface area (Å²) in [6, 6.07) is 67.1. The zero-order valence-corrected chi connectivity index (χ0v) is 29.4. The number of aromatic nitrogens is 2. The van der Waals surface area contributed by atoms with E-state index in [1.54, 1.807) is 0 Å². The van der Waals surface area contributed by atoms with Crippen LogP contribution >= 0.6 is 11.8 Å². The summed E-state index contributed by atoms with van der Waals surface area (Å²) < 4.78 is 4.87. The van der Waals surface area contributed by atoms with Gasteiger partial charge in [0.05, 0.1) is 22.1 Å². The number of para-hydroxylation sites is 3. The fraction of sp³-hybridized carbons (Fsp3) is 0. The Balaban J connectivity index is 1.10. The molecular weight excluding hydrogens is 661 g/mol. The third-order valence-corrected chi connectivity index (χ3v) is 12.4. The van der Waals surface area contributed by atoms with Crippen LogP contribution in [0.3, 0.4) is 0 Å². The number of fused-ring (bicyclic) bond motifs is 10. The highest BCUT2D eigenvalue weighted by atomic mass is 32.2. The molecule has 1 aliphatic rings. The Morgan fingerprint density at radius 3 is 1.85 bits per heavy atom. The van der Waals surface area contributed by atoms with Gasteiger partial charge in [-0.2, -0.15) is 0 Å². The molecule has 0 saturated heterocycles. The number of nitrogens with zero attached hydrogens (tertiary/aromatic N) is 2. The number of hydrogen-bond acceptors (Lipinski definition) is 1. The van der Waals surface area contributed by atoms with Crippen molar-refractivity contribution in [2.45, 2.75) is 9.79 Å². The summed E-state index contributed by atoms with van der Waals surface area (Å²) in [6.45, 7) is 0. The lowest BCUT2D eigenvalue weighted by Crippen LogP contribution is -1.97. The predicted octanol–water partition coefficient (Wildman–Crippen LogP) is 14.0. The van der Waals surface area contributed by atoms with E-state index in [4.69, 9.17) is 0 Å². The molecule has 0 saturated carbocycles. The molecule has 0 atom stereocenters. The second-order valence-electron chi connectivity index (χ2n) is 14.1. The van der Waals surface area contributed by atoms with Gasteiger partial charge in [0.15, 0.2) is 0 Å². The number of hydrogen-bond donors (Lipinski definition) is 0. The van der Waals surface area contributed by atoms with E-state index in [1.165, 1.54) is 109 Å². The van der Waals surface area contributed by atoms with Crippen LogP contribution in [0.2, 0.25) is 0 Å². The molecule has 1 aliphatic heterocycles. The molecule has 9 aromatic carbocycles. The molecule has 0 amide bonds. The van der Waals surface area contributed by atoms with Crippen LogP contribution in [0, 0.1) is 0 Å². The maximum absolute atomic E-state index is 2.47. The second-order valence-corrected chi connectivity index (χ2v) is 15.2. The molecule has 0 spiro atoms. The third kappa shape index (κ3) is 4.11. The quantitative estimate of drug-likeness (QED) is 0.179. The van der Waals surface area contributed by atoms with Crippen molar-refractivity contribution in [3.05, 3.63) is 182 Å². The van der Waals surface area contributed by atoms with Crippen molar-refractivity contribution in [3.8, 4) is 33.6 Å². The van der Waals surface area contributed by atoms with Crippen molar-refractivity contribution >= 4 is 76.9 Å². The molecule has 2 aromatic heterocycles. The standard InChI is InChI=1S/C50H30N2S/c1-2-14-34(15-3-1)51-42-20-8-6-16-38(42)48-36(18-10-22-44(48)51)33-25-27-37-41-30-45-49(40-19-11-23-46(50(40)41)53-47(37)29-33)39-17-7-9-21-43(39)52(45)35-26-24-31-12-4-5-13-32(31)28-35/h1-30H. The summed E-state index contributed by atoms with van der Waals surface area (Å²) in [5, 5.41) is 10.3. The van der Waals surface area contributed by atoms with Gasteiger partial charge in [-0.25, -0.2) is 0 Å². The first-order chi connectivity index (χ1) is 26.3. The van der Waals surface area contributed by atoms with Crippen LogP contribution in [0.15, 0.2) is 192 Å². The first kappa shape index (κ1) is 29.1. The molecule has 0 bridgehead atoms. The summed E-state index contributed by atoms with van der Waals surface area (Å²) in [5.41, 5.74) is 12.3. The van der Waals surface area contributed by atoms with Crippen molar-refractivity contribution in [1.82, 2.24) is 9.13 Å². The molecular formula is C50H30N2S. The van der Waals surface area contributed by atoms with E-state index in [0.717, 1.165) is 0 Å². The summed E-state index contributed by atoms with van der Waals surface area (Å²) in [7, 11) is 0. The fourth-order valence-corrected chi connectivity index (χ4v) is 10.2. The van der Waals surface area contributed by atoms with Gasteiger partial charge in [-0.05, 0) is 99.1 Å². The molecule has 246 valence electrons. The number of benzene rings is 9. The van der Waals surface area contributed by atoms with Gasteiger partial charge < -0.3 is 9.13 Å². The highest BCUT2D eigenvalue weighted by molar-refractivity contribution is 7.99.